The summed E-state index contributed by atoms with van der Waals surface area (Å²) in [6.45, 7) is 0.888. The molecule has 0 radical (unpaired) electrons. The first-order valence-corrected chi connectivity index (χ1v) is 3.16. The van der Waals surface area contributed by atoms with E-state index in [0.717, 1.165) is 25.8 Å². The topological polar surface area (TPSA) is 29.1 Å². The molecular weight excluding hydrogens is 239 g/mol. The molecule has 50 valence electrons. The van der Waals surface area contributed by atoms with Gasteiger partial charge in [-0.2, -0.15) is 0 Å². The summed E-state index contributed by atoms with van der Waals surface area (Å²) >= 11 is 0. The molecule has 9 heavy (non-hydrogen) atoms. The molecule has 0 atom stereocenters. The van der Waals surface area contributed by atoms with E-state index in [9.17, 15) is 4.79 Å². The monoisotopic (exact) mass is 253 g/mol. The fourth-order valence-corrected chi connectivity index (χ4v) is 0.904. The maximum Gasteiger partial charge on any atom is 2.00 e. The molecule has 1 N–H and O–H groups in total. The number of carbonyl (C=O) groups excluding carboxylic acids is 1. The first kappa shape index (κ1) is 10.0. The Balaban J connectivity index is -0.000000213. The van der Waals surface area contributed by atoms with Crippen molar-refractivity contribution in [2.24, 2.45) is 0 Å². The van der Waals surface area contributed by atoms with E-state index in [0.29, 0.717) is 0 Å². The minimum atomic E-state index is 0. The minimum absolute atomic E-state index is 0. The van der Waals surface area contributed by atoms with Crippen molar-refractivity contribution in [2.45, 2.75) is 25.7 Å². The molecule has 1 aliphatic rings. The van der Waals surface area contributed by atoms with Gasteiger partial charge in [0, 0.05) is 13.0 Å². The summed E-state index contributed by atoms with van der Waals surface area (Å²) in [5, 5.41) is 2.81. The number of amides is 1. The predicted octanol–water partition coefficient (Wildman–Crippen LogP) is 0.521. The summed E-state index contributed by atoms with van der Waals surface area (Å²) in [6, 6.07) is 0. The Kier molecular flexibility index (Phi) is 6.47. The van der Waals surface area contributed by atoms with Crippen molar-refractivity contribution in [1.29, 1.82) is 0 Å². The van der Waals surface area contributed by atoms with Gasteiger partial charge in [0.15, 0.2) is 0 Å². The van der Waals surface area contributed by atoms with E-state index in [1.165, 1.54) is 6.42 Å². The van der Waals surface area contributed by atoms with Crippen LogP contribution in [0.1, 0.15) is 28.5 Å². The van der Waals surface area contributed by atoms with E-state index in [-0.39, 0.29) is 57.6 Å². The second-order valence-corrected chi connectivity index (χ2v) is 2.16. The number of hydrogen-bond donors (Lipinski definition) is 1. The van der Waals surface area contributed by atoms with E-state index in [2.05, 4.69) is 5.32 Å². The maximum atomic E-state index is 10.6. The Labute approximate surface area is 98.8 Å². The van der Waals surface area contributed by atoms with Crippen molar-refractivity contribution in [3.05, 3.63) is 0 Å². The fourth-order valence-electron chi connectivity index (χ4n) is 0.904. The zero-order valence-electron chi connectivity index (χ0n) is 7.65. The van der Waals surface area contributed by atoms with E-state index < -0.39 is 0 Å². The van der Waals surface area contributed by atoms with Crippen LogP contribution in [0.25, 0.3) is 0 Å². The number of nitrogens with one attached hydrogen (secondary N) is 1. The van der Waals surface area contributed by atoms with Crippen LogP contribution in [0, 0.1) is 0 Å². The van der Waals surface area contributed by atoms with E-state index in [1.54, 1.807) is 0 Å². The Morgan fingerprint density at radius 3 is 2.89 bits per heavy atom. The SMILES string of the molecule is O=C1CCCCCN1.[Ba+2].[H-].[H-]. The average molecular weight is 253 g/mol. The van der Waals surface area contributed by atoms with E-state index in [1.807, 2.05) is 0 Å². The second kappa shape index (κ2) is 5.80. The van der Waals surface area contributed by atoms with Crippen LogP contribution in [-0.2, 0) is 4.79 Å². The molecule has 2 nitrogen and oxygen atoms in total. The molecule has 0 aliphatic carbocycles. The third kappa shape index (κ3) is 4.45. The fraction of sp³-hybridized carbons (Fsp3) is 0.833. The molecule has 3 heteroatoms. The second-order valence-electron chi connectivity index (χ2n) is 2.16. The Morgan fingerprint density at radius 1 is 1.33 bits per heavy atom. The molecule has 0 aromatic rings. The van der Waals surface area contributed by atoms with Crippen molar-refractivity contribution in [1.82, 2.24) is 5.32 Å². The smallest absolute Gasteiger partial charge is 1.00 e. The minimum Gasteiger partial charge on any atom is -1.00 e. The van der Waals surface area contributed by atoms with Gasteiger partial charge in [-0.15, -0.1) is 0 Å². The van der Waals surface area contributed by atoms with Crippen LogP contribution in [0.2, 0.25) is 0 Å². The number of hydrogen-bond acceptors (Lipinski definition) is 1. The van der Waals surface area contributed by atoms with Crippen LogP contribution in [0.3, 0.4) is 0 Å². The molecule has 0 aromatic carbocycles. The Morgan fingerprint density at radius 2 is 2.11 bits per heavy atom. The normalized spacial score (nSPS) is 19.3. The number of carbonyl (C=O) groups is 1. The standard InChI is InChI=1S/C6H11NO.Ba.2H/c8-6-4-2-1-3-5-7-6;;;/h1-5H2,(H,7,8);;;/q;+2;2*-1. The molecule has 1 heterocycles. The molecule has 1 aliphatic heterocycles. The van der Waals surface area contributed by atoms with Gasteiger partial charge in [0.2, 0.25) is 5.91 Å². The molecule has 0 bridgehead atoms. The summed E-state index contributed by atoms with van der Waals surface area (Å²) in [5.74, 6) is 0.225. The van der Waals surface area contributed by atoms with Crippen LogP contribution in [0.5, 0.6) is 0 Å². The molecule has 0 unspecified atom stereocenters. The van der Waals surface area contributed by atoms with Gasteiger partial charge in [0.05, 0.1) is 0 Å². The van der Waals surface area contributed by atoms with Crippen molar-refractivity contribution in [3.8, 4) is 0 Å². The largest absolute Gasteiger partial charge is 2.00 e. The molecule has 0 aromatic heterocycles. The average Bonchev–Trinajstić information content (AvgIpc) is 1.94. The zero-order chi connectivity index (χ0) is 5.82. The quantitative estimate of drug-likeness (QED) is 0.626. The van der Waals surface area contributed by atoms with Crippen LogP contribution < -0.4 is 5.32 Å². The van der Waals surface area contributed by atoms with Crippen molar-refractivity contribution in [2.75, 3.05) is 6.54 Å². The first-order valence-electron chi connectivity index (χ1n) is 3.16. The summed E-state index contributed by atoms with van der Waals surface area (Å²) in [4.78, 5) is 10.6. The van der Waals surface area contributed by atoms with Gasteiger partial charge in [-0.1, -0.05) is 6.42 Å². The zero-order valence-corrected chi connectivity index (χ0v) is 10.1. The van der Waals surface area contributed by atoms with Crippen molar-refractivity contribution >= 4 is 54.8 Å². The number of rotatable bonds is 0. The van der Waals surface area contributed by atoms with E-state index in [4.69, 9.17) is 0 Å². The molecule has 0 saturated carbocycles. The van der Waals surface area contributed by atoms with E-state index >= 15 is 0 Å². The van der Waals surface area contributed by atoms with Crippen LogP contribution in [-0.4, -0.2) is 61.3 Å². The first-order chi connectivity index (χ1) is 3.89. The molecule has 1 fully saturated rings. The molecule has 1 saturated heterocycles. The predicted molar refractivity (Wildman–Crippen MR) is 39.5 cm³/mol. The van der Waals surface area contributed by atoms with Gasteiger partial charge in [0.1, 0.15) is 0 Å². The molecule has 1 amide bonds. The van der Waals surface area contributed by atoms with Gasteiger partial charge >= 0.3 is 48.9 Å². The van der Waals surface area contributed by atoms with Crippen LogP contribution >= 0.6 is 0 Å². The van der Waals surface area contributed by atoms with Crippen LogP contribution in [0.4, 0.5) is 0 Å². The van der Waals surface area contributed by atoms with Gasteiger partial charge in [0.25, 0.3) is 0 Å². The third-order valence-electron chi connectivity index (χ3n) is 1.40. The summed E-state index contributed by atoms with van der Waals surface area (Å²) < 4.78 is 0. The Bertz CT molecular complexity index is 92.6. The summed E-state index contributed by atoms with van der Waals surface area (Å²) in [5.41, 5.74) is 0. The Hall–Kier alpha value is 1.04. The molecule has 0 spiro atoms. The summed E-state index contributed by atoms with van der Waals surface area (Å²) in [7, 11) is 0. The molecular formula is C6H13BaNO. The molecule has 1 rings (SSSR count). The van der Waals surface area contributed by atoms with Gasteiger partial charge in [-0.05, 0) is 12.8 Å². The van der Waals surface area contributed by atoms with Crippen molar-refractivity contribution < 1.29 is 7.65 Å². The van der Waals surface area contributed by atoms with Gasteiger partial charge in [-0.25, -0.2) is 0 Å². The maximum absolute atomic E-state index is 10.6. The van der Waals surface area contributed by atoms with Crippen molar-refractivity contribution in [3.63, 3.8) is 0 Å². The van der Waals surface area contributed by atoms with Gasteiger partial charge < -0.3 is 8.17 Å². The third-order valence-corrected chi connectivity index (χ3v) is 1.40. The van der Waals surface area contributed by atoms with Gasteiger partial charge in [-0.3, -0.25) is 4.79 Å². The van der Waals surface area contributed by atoms with Crippen LogP contribution in [0.15, 0.2) is 0 Å². The summed E-state index contributed by atoms with van der Waals surface area (Å²) in [6.07, 6.45) is 4.18.